The van der Waals surface area contributed by atoms with Crippen molar-refractivity contribution in [3.8, 4) is 0 Å². The van der Waals surface area contributed by atoms with E-state index in [0.29, 0.717) is 18.1 Å². The summed E-state index contributed by atoms with van der Waals surface area (Å²) in [7, 11) is 1.81. The van der Waals surface area contributed by atoms with Gasteiger partial charge >= 0.3 is 0 Å². The van der Waals surface area contributed by atoms with E-state index >= 15 is 0 Å². The van der Waals surface area contributed by atoms with Crippen LogP contribution in [0.1, 0.15) is 33.1 Å². The lowest BCUT2D eigenvalue weighted by Crippen LogP contribution is -2.49. The number of piperidine rings is 1. The fourth-order valence-corrected chi connectivity index (χ4v) is 2.46. The van der Waals surface area contributed by atoms with Crippen LogP contribution in [0.25, 0.3) is 0 Å². The van der Waals surface area contributed by atoms with Crippen molar-refractivity contribution in [2.75, 3.05) is 26.7 Å². The molecule has 2 unspecified atom stereocenters. The van der Waals surface area contributed by atoms with E-state index in [1.165, 1.54) is 6.42 Å². The van der Waals surface area contributed by atoms with Crippen molar-refractivity contribution >= 4 is 0 Å². The van der Waals surface area contributed by atoms with Gasteiger partial charge in [-0.25, -0.2) is 0 Å². The standard InChI is InChI=1S/C12H26N2O/c1-4-10(2)12(9-13)14-7-5-11(15-3)6-8-14/h10-12H,4-9,13H2,1-3H3. The second kappa shape index (κ2) is 6.46. The highest BCUT2D eigenvalue weighted by Gasteiger charge is 2.26. The predicted molar refractivity (Wildman–Crippen MR) is 63.9 cm³/mol. The predicted octanol–water partition coefficient (Wildman–Crippen LogP) is 1.47. The lowest BCUT2D eigenvalue weighted by Gasteiger charge is -2.39. The van der Waals surface area contributed by atoms with Gasteiger partial charge in [-0.3, -0.25) is 4.90 Å². The Bertz CT molecular complexity index is 167. The lowest BCUT2D eigenvalue weighted by molar-refractivity contribution is 0.0193. The van der Waals surface area contributed by atoms with Gasteiger partial charge in [0, 0.05) is 32.8 Å². The van der Waals surface area contributed by atoms with Gasteiger partial charge in [0.1, 0.15) is 0 Å². The number of ether oxygens (including phenoxy) is 1. The molecule has 0 amide bonds. The molecule has 2 atom stereocenters. The van der Waals surface area contributed by atoms with Gasteiger partial charge < -0.3 is 10.5 Å². The van der Waals surface area contributed by atoms with Crippen molar-refractivity contribution in [3.63, 3.8) is 0 Å². The summed E-state index contributed by atoms with van der Waals surface area (Å²) < 4.78 is 5.38. The topological polar surface area (TPSA) is 38.5 Å². The average molecular weight is 214 g/mol. The van der Waals surface area contributed by atoms with Crippen LogP contribution >= 0.6 is 0 Å². The highest BCUT2D eigenvalue weighted by molar-refractivity contribution is 4.82. The first-order chi connectivity index (χ1) is 7.22. The van der Waals surface area contributed by atoms with E-state index in [0.717, 1.165) is 32.5 Å². The van der Waals surface area contributed by atoms with Crippen molar-refractivity contribution in [2.45, 2.75) is 45.3 Å². The summed E-state index contributed by atoms with van der Waals surface area (Å²) in [6.07, 6.45) is 4.00. The Balaban J connectivity index is 2.42. The summed E-state index contributed by atoms with van der Waals surface area (Å²) in [4.78, 5) is 2.55. The van der Waals surface area contributed by atoms with Gasteiger partial charge in [-0.2, -0.15) is 0 Å². The molecule has 0 aromatic carbocycles. The quantitative estimate of drug-likeness (QED) is 0.753. The largest absolute Gasteiger partial charge is 0.381 e. The van der Waals surface area contributed by atoms with E-state index in [4.69, 9.17) is 10.5 Å². The Morgan fingerprint density at radius 3 is 2.40 bits per heavy atom. The van der Waals surface area contributed by atoms with Crippen molar-refractivity contribution < 1.29 is 4.74 Å². The van der Waals surface area contributed by atoms with Crippen LogP contribution in [0.2, 0.25) is 0 Å². The molecule has 0 spiro atoms. The van der Waals surface area contributed by atoms with E-state index < -0.39 is 0 Å². The van der Waals surface area contributed by atoms with E-state index in [2.05, 4.69) is 18.7 Å². The van der Waals surface area contributed by atoms with E-state index in [9.17, 15) is 0 Å². The Morgan fingerprint density at radius 1 is 1.40 bits per heavy atom. The number of rotatable bonds is 5. The molecule has 3 nitrogen and oxygen atoms in total. The monoisotopic (exact) mass is 214 g/mol. The molecule has 1 aliphatic rings. The van der Waals surface area contributed by atoms with Crippen molar-refractivity contribution in [1.82, 2.24) is 4.90 Å². The fourth-order valence-electron chi connectivity index (χ4n) is 2.46. The van der Waals surface area contributed by atoms with Crippen molar-refractivity contribution in [3.05, 3.63) is 0 Å². The molecule has 1 heterocycles. The molecule has 1 saturated heterocycles. The maximum absolute atomic E-state index is 5.87. The van der Waals surface area contributed by atoms with Gasteiger partial charge in [-0.1, -0.05) is 20.3 Å². The Morgan fingerprint density at radius 2 is 2.00 bits per heavy atom. The van der Waals surface area contributed by atoms with Crippen LogP contribution in [0.3, 0.4) is 0 Å². The molecule has 0 radical (unpaired) electrons. The van der Waals surface area contributed by atoms with Gasteiger partial charge in [-0.05, 0) is 18.8 Å². The Kier molecular flexibility index (Phi) is 5.58. The zero-order chi connectivity index (χ0) is 11.3. The third-order valence-corrected chi connectivity index (χ3v) is 3.82. The summed E-state index contributed by atoms with van der Waals surface area (Å²) in [6.45, 7) is 7.62. The van der Waals surface area contributed by atoms with Gasteiger partial charge in [0.15, 0.2) is 0 Å². The number of nitrogens with two attached hydrogens (primary N) is 1. The number of methoxy groups -OCH3 is 1. The zero-order valence-electron chi connectivity index (χ0n) is 10.4. The van der Waals surface area contributed by atoms with Crippen LogP contribution in [0.5, 0.6) is 0 Å². The highest BCUT2D eigenvalue weighted by Crippen LogP contribution is 2.20. The molecule has 90 valence electrons. The molecule has 0 saturated carbocycles. The number of hydrogen-bond donors (Lipinski definition) is 1. The number of hydrogen-bond acceptors (Lipinski definition) is 3. The smallest absolute Gasteiger partial charge is 0.0595 e. The van der Waals surface area contributed by atoms with Gasteiger partial charge in [-0.15, -0.1) is 0 Å². The van der Waals surface area contributed by atoms with E-state index in [1.54, 1.807) is 0 Å². The lowest BCUT2D eigenvalue weighted by atomic mass is 9.95. The molecule has 0 aromatic heterocycles. The second-order valence-corrected chi connectivity index (χ2v) is 4.66. The summed E-state index contributed by atoms with van der Waals surface area (Å²) >= 11 is 0. The maximum atomic E-state index is 5.87. The van der Waals surface area contributed by atoms with Crippen LogP contribution in [0, 0.1) is 5.92 Å². The molecule has 0 aromatic rings. The molecule has 1 fully saturated rings. The van der Waals surface area contributed by atoms with Gasteiger partial charge in [0.25, 0.3) is 0 Å². The minimum atomic E-state index is 0.469. The minimum absolute atomic E-state index is 0.469. The third-order valence-electron chi connectivity index (χ3n) is 3.82. The Labute approximate surface area is 94.0 Å². The van der Waals surface area contributed by atoms with E-state index in [-0.39, 0.29) is 0 Å². The first-order valence-corrected chi connectivity index (χ1v) is 6.19. The number of likely N-dealkylation sites (tertiary alicyclic amines) is 1. The van der Waals surface area contributed by atoms with Crippen LogP contribution in [-0.4, -0.2) is 43.8 Å². The van der Waals surface area contributed by atoms with E-state index in [1.807, 2.05) is 7.11 Å². The second-order valence-electron chi connectivity index (χ2n) is 4.66. The number of nitrogens with zero attached hydrogens (tertiary/aromatic N) is 1. The molecular weight excluding hydrogens is 188 g/mol. The van der Waals surface area contributed by atoms with Crippen LogP contribution in [0.4, 0.5) is 0 Å². The average Bonchev–Trinajstić information content (AvgIpc) is 2.30. The molecular formula is C12H26N2O. The first kappa shape index (κ1) is 12.9. The summed E-state index contributed by atoms with van der Waals surface area (Å²) in [5.41, 5.74) is 5.87. The Hall–Kier alpha value is -0.120. The highest BCUT2D eigenvalue weighted by atomic mass is 16.5. The van der Waals surface area contributed by atoms with Crippen LogP contribution < -0.4 is 5.73 Å². The molecule has 0 bridgehead atoms. The summed E-state index contributed by atoms with van der Waals surface area (Å²) in [6, 6.07) is 0.563. The van der Waals surface area contributed by atoms with Crippen LogP contribution in [-0.2, 0) is 4.74 Å². The SMILES string of the molecule is CCC(C)C(CN)N1CCC(OC)CC1. The molecule has 1 rings (SSSR count). The van der Waals surface area contributed by atoms with Gasteiger partial charge in [0.05, 0.1) is 6.10 Å². The summed E-state index contributed by atoms with van der Waals surface area (Å²) in [5, 5.41) is 0. The zero-order valence-corrected chi connectivity index (χ0v) is 10.4. The maximum Gasteiger partial charge on any atom is 0.0595 e. The molecule has 2 N–H and O–H groups in total. The van der Waals surface area contributed by atoms with Crippen molar-refractivity contribution in [2.24, 2.45) is 11.7 Å². The normalized spacial score (nSPS) is 24.0. The molecule has 1 aliphatic heterocycles. The van der Waals surface area contributed by atoms with Crippen molar-refractivity contribution in [1.29, 1.82) is 0 Å². The molecule has 3 heteroatoms. The first-order valence-electron chi connectivity index (χ1n) is 6.19. The summed E-state index contributed by atoms with van der Waals surface area (Å²) in [5.74, 6) is 0.703. The molecule has 15 heavy (non-hydrogen) atoms. The minimum Gasteiger partial charge on any atom is -0.381 e. The van der Waals surface area contributed by atoms with Crippen LogP contribution in [0.15, 0.2) is 0 Å². The molecule has 0 aliphatic carbocycles. The van der Waals surface area contributed by atoms with Gasteiger partial charge in [0.2, 0.25) is 0 Å². The third kappa shape index (κ3) is 3.44. The fraction of sp³-hybridized carbons (Fsp3) is 1.00.